The number of hydrogen-bond donors (Lipinski definition) is 2. The number of hydrogen-bond acceptors (Lipinski definition) is 4. The average molecular weight is 340 g/mol. The molecule has 0 bridgehead atoms. The molecule has 6 nitrogen and oxygen atoms in total. The van der Waals surface area contributed by atoms with Crippen LogP contribution in [0.5, 0.6) is 0 Å². The summed E-state index contributed by atoms with van der Waals surface area (Å²) in [5.41, 5.74) is 1.43. The van der Waals surface area contributed by atoms with Crippen molar-refractivity contribution in [2.45, 2.75) is 32.2 Å². The van der Waals surface area contributed by atoms with Crippen LogP contribution in [0.1, 0.15) is 31.7 Å². The standard InChI is InChI=1S/C18H21FN6/c1-12-5-3-4-10-25(12)18(15(19)11-20)24-16(21-2)13-6-8-22-17-14(13)7-9-23-17/h6-9,11-12,20H,2-5,10H2,1H3,(H,22,23)/b18-15+,20-11?,24-16-. The Hall–Kier alpha value is -2.83. The van der Waals surface area contributed by atoms with Gasteiger partial charge in [-0.1, -0.05) is 0 Å². The highest BCUT2D eigenvalue weighted by Gasteiger charge is 2.24. The number of nitrogens with one attached hydrogen (secondary N) is 2. The molecule has 130 valence electrons. The van der Waals surface area contributed by atoms with E-state index in [0.717, 1.165) is 30.2 Å². The maximum absolute atomic E-state index is 14.4. The van der Waals surface area contributed by atoms with Gasteiger partial charge in [0.25, 0.3) is 0 Å². The van der Waals surface area contributed by atoms with Gasteiger partial charge < -0.3 is 15.3 Å². The molecule has 1 saturated heterocycles. The van der Waals surface area contributed by atoms with Crippen LogP contribution in [0.4, 0.5) is 4.39 Å². The van der Waals surface area contributed by atoms with Crippen LogP contribution >= 0.6 is 0 Å². The fourth-order valence-electron chi connectivity index (χ4n) is 3.17. The summed E-state index contributed by atoms with van der Waals surface area (Å²) in [6.07, 6.45) is 7.18. The van der Waals surface area contributed by atoms with E-state index in [4.69, 9.17) is 5.41 Å². The number of rotatable bonds is 4. The molecule has 0 radical (unpaired) electrons. The van der Waals surface area contributed by atoms with E-state index in [1.165, 1.54) is 0 Å². The number of fused-ring (bicyclic) bond motifs is 1. The van der Waals surface area contributed by atoms with Crippen LogP contribution in [0.25, 0.3) is 11.0 Å². The highest BCUT2D eigenvalue weighted by atomic mass is 19.1. The van der Waals surface area contributed by atoms with Crippen molar-refractivity contribution < 1.29 is 4.39 Å². The maximum atomic E-state index is 14.4. The van der Waals surface area contributed by atoms with Gasteiger partial charge in [0.1, 0.15) is 5.65 Å². The normalized spacial score (nSPS) is 19.7. The number of aromatic amines is 1. The van der Waals surface area contributed by atoms with E-state index < -0.39 is 5.83 Å². The zero-order valence-electron chi connectivity index (χ0n) is 14.2. The number of halogens is 1. The first kappa shape index (κ1) is 17.0. The highest BCUT2D eigenvalue weighted by Crippen LogP contribution is 2.26. The van der Waals surface area contributed by atoms with Crippen LogP contribution in [-0.2, 0) is 0 Å². The summed E-state index contributed by atoms with van der Waals surface area (Å²) in [7, 11) is 0. The number of allylic oxidation sites excluding steroid dienone is 1. The van der Waals surface area contributed by atoms with Crippen molar-refractivity contribution in [2.75, 3.05) is 6.54 Å². The Morgan fingerprint density at radius 2 is 2.32 bits per heavy atom. The molecule has 2 aromatic heterocycles. The van der Waals surface area contributed by atoms with Gasteiger partial charge in [-0.25, -0.2) is 19.4 Å². The van der Waals surface area contributed by atoms with E-state index in [2.05, 4.69) is 26.7 Å². The number of aromatic nitrogens is 2. The van der Waals surface area contributed by atoms with Crippen molar-refractivity contribution in [3.8, 4) is 0 Å². The lowest BCUT2D eigenvalue weighted by Crippen LogP contribution is -2.37. The van der Waals surface area contributed by atoms with Gasteiger partial charge in [-0.15, -0.1) is 0 Å². The predicted octanol–water partition coefficient (Wildman–Crippen LogP) is 3.67. The number of H-pyrrole nitrogens is 1. The van der Waals surface area contributed by atoms with Crippen LogP contribution < -0.4 is 0 Å². The molecular weight excluding hydrogens is 319 g/mol. The molecule has 0 aliphatic carbocycles. The van der Waals surface area contributed by atoms with E-state index >= 15 is 0 Å². The highest BCUT2D eigenvalue weighted by molar-refractivity contribution is 6.10. The number of pyridine rings is 1. The largest absolute Gasteiger partial charge is 0.351 e. The van der Waals surface area contributed by atoms with Gasteiger partial charge in [0.05, 0.1) is 6.21 Å². The Kier molecular flexibility index (Phi) is 5.02. The molecule has 0 spiro atoms. The molecule has 1 aliphatic heterocycles. The topological polar surface area (TPSA) is 80.5 Å². The van der Waals surface area contributed by atoms with Crippen molar-refractivity contribution in [3.63, 3.8) is 0 Å². The SMILES string of the molecule is C=N/C(=N\C(=C(/F)C=N)N1CCCCC1C)c1ccnc2[nH]ccc12. The summed E-state index contributed by atoms with van der Waals surface area (Å²) in [6.45, 7) is 6.35. The van der Waals surface area contributed by atoms with Gasteiger partial charge in [-0.3, -0.25) is 0 Å². The summed E-state index contributed by atoms with van der Waals surface area (Å²) in [5.74, 6) is -0.212. The second kappa shape index (κ2) is 7.38. The maximum Gasteiger partial charge on any atom is 0.183 e. The van der Waals surface area contributed by atoms with E-state index in [0.29, 0.717) is 24.2 Å². The lowest BCUT2D eigenvalue weighted by Gasteiger charge is -2.35. The Bertz CT molecular complexity index is 850. The fraction of sp³-hybridized carbons (Fsp3) is 0.333. The van der Waals surface area contributed by atoms with Crippen LogP contribution in [0.2, 0.25) is 0 Å². The molecule has 1 aliphatic rings. The lowest BCUT2D eigenvalue weighted by molar-refractivity contribution is 0.202. The minimum atomic E-state index is -0.672. The van der Waals surface area contributed by atoms with Gasteiger partial charge in [0.15, 0.2) is 17.5 Å². The van der Waals surface area contributed by atoms with Gasteiger partial charge in [-0.2, -0.15) is 0 Å². The smallest absolute Gasteiger partial charge is 0.183 e. The third-order valence-electron chi connectivity index (χ3n) is 4.48. The lowest BCUT2D eigenvalue weighted by atomic mass is 10.0. The van der Waals surface area contributed by atoms with E-state index in [-0.39, 0.29) is 11.9 Å². The molecule has 2 N–H and O–H groups in total. The first-order valence-corrected chi connectivity index (χ1v) is 8.30. The third kappa shape index (κ3) is 3.35. The molecule has 1 atom stereocenters. The predicted molar refractivity (Wildman–Crippen MR) is 99.1 cm³/mol. The first-order valence-electron chi connectivity index (χ1n) is 8.30. The molecule has 2 aromatic rings. The third-order valence-corrected chi connectivity index (χ3v) is 4.48. The van der Waals surface area contributed by atoms with E-state index in [1.807, 2.05) is 17.9 Å². The molecule has 1 unspecified atom stereocenters. The molecule has 3 heterocycles. The number of aliphatic imine (C=N–C) groups is 2. The number of nitrogens with zero attached hydrogens (tertiary/aromatic N) is 4. The van der Waals surface area contributed by atoms with Crippen LogP contribution in [-0.4, -0.2) is 46.2 Å². The zero-order chi connectivity index (χ0) is 17.8. The fourth-order valence-corrected chi connectivity index (χ4v) is 3.17. The Labute approximate surface area is 145 Å². The number of likely N-dealkylation sites (tertiary alicyclic amines) is 1. The number of amidine groups is 1. The van der Waals surface area contributed by atoms with E-state index in [9.17, 15) is 4.39 Å². The van der Waals surface area contributed by atoms with Crippen molar-refractivity contribution in [3.05, 3.63) is 41.7 Å². The number of piperidine rings is 1. The van der Waals surface area contributed by atoms with Crippen LogP contribution in [0, 0.1) is 5.41 Å². The summed E-state index contributed by atoms with van der Waals surface area (Å²) in [4.78, 5) is 17.7. The molecule has 7 heteroatoms. The molecule has 1 fully saturated rings. The van der Waals surface area contributed by atoms with Crippen LogP contribution in [0.3, 0.4) is 0 Å². The van der Waals surface area contributed by atoms with E-state index in [1.54, 1.807) is 18.5 Å². The second-order valence-corrected chi connectivity index (χ2v) is 6.05. The summed E-state index contributed by atoms with van der Waals surface area (Å²) in [6, 6.07) is 3.82. The quantitative estimate of drug-likeness (QED) is 0.658. The molecular formula is C18H21FN6. The monoisotopic (exact) mass is 340 g/mol. The summed E-state index contributed by atoms with van der Waals surface area (Å²) < 4.78 is 14.4. The molecule has 0 amide bonds. The minimum absolute atomic E-state index is 0.144. The molecule has 0 saturated carbocycles. The van der Waals surface area contributed by atoms with Gasteiger partial charge in [0.2, 0.25) is 0 Å². The Morgan fingerprint density at radius 3 is 3.04 bits per heavy atom. The summed E-state index contributed by atoms with van der Waals surface area (Å²) >= 11 is 0. The zero-order valence-corrected chi connectivity index (χ0v) is 14.2. The van der Waals surface area contributed by atoms with Gasteiger partial charge in [0, 0.05) is 35.9 Å². The average Bonchev–Trinajstić information content (AvgIpc) is 3.12. The Morgan fingerprint density at radius 1 is 1.48 bits per heavy atom. The Balaban J connectivity index is 2.10. The van der Waals surface area contributed by atoms with Crippen molar-refractivity contribution in [2.24, 2.45) is 9.98 Å². The molecule has 25 heavy (non-hydrogen) atoms. The van der Waals surface area contributed by atoms with Crippen molar-refractivity contribution >= 4 is 29.8 Å². The second-order valence-electron chi connectivity index (χ2n) is 6.05. The van der Waals surface area contributed by atoms with Crippen molar-refractivity contribution in [1.82, 2.24) is 14.9 Å². The molecule has 0 aromatic carbocycles. The van der Waals surface area contributed by atoms with Gasteiger partial charge in [-0.05, 0) is 45.0 Å². The molecule has 3 rings (SSSR count). The first-order chi connectivity index (χ1) is 12.2. The minimum Gasteiger partial charge on any atom is -0.351 e. The van der Waals surface area contributed by atoms with Gasteiger partial charge >= 0.3 is 0 Å². The van der Waals surface area contributed by atoms with Crippen molar-refractivity contribution in [1.29, 1.82) is 5.41 Å². The van der Waals surface area contributed by atoms with Crippen LogP contribution in [0.15, 0.2) is 46.2 Å². The summed E-state index contributed by atoms with van der Waals surface area (Å²) in [5, 5.41) is 8.16.